The number of hydrogen-bond acceptors (Lipinski definition) is 6. The number of amides is 2. The molecule has 0 radical (unpaired) electrons. The summed E-state index contributed by atoms with van der Waals surface area (Å²) in [5.74, 6) is 0.540. The van der Waals surface area contributed by atoms with E-state index in [4.69, 9.17) is 4.74 Å². The number of hydrogen-bond donors (Lipinski definition) is 1. The van der Waals surface area contributed by atoms with E-state index < -0.39 is 9.84 Å². The van der Waals surface area contributed by atoms with E-state index in [-0.39, 0.29) is 47.3 Å². The van der Waals surface area contributed by atoms with Gasteiger partial charge in [-0.1, -0.05) is 0 Å². The molecule has 9 heteroatoms. The molecule has 0 aromatic heterocycles. The van der Waals surface area contributed by atoms with Crippen molar-refractivity contribution in [3.05, 3.63) is 0 Å². The lowest BCUT2D eigenvalue weighted by molar-refractivity contribution is -0.160. The van der Waals surface area contributed by atoms with Crippen LogP contribution in [0.3, 0.4) is 0 Å². The minimum Gasteiger partial charge on any atom is -0.368 e. The van der Waals surface area contributed by atoms with Crippen molar-refractivity contribution < 1.29 is 22.7 Å². The Balaban J connectivity index is 1.50. The molecular formula is C22H37N3O5S. The highest BCUT2D eigenvalue weighted by atomic mass is 32.2. The van der Waals surface area contributed by atoms with Gasteiger partial charge in [0.1, 0.15) is 6.10 Å². The largest absolute Gasteiger partial charge is 0.368 e. The van der Waals surface area contributed by atoms with Crippen LogP contribution in [0.4, 0.5) is 0 Å². The smallest absolute Gasteiger partial charge is 0.252 e. The topological polar surface area (TPSA) is 96.0 Å². The Kier molecular flexibility index (Phi) is 6.66. The minimum absolute atomic E-state index is 0.00368. The van der Waals surface area contributed by atoms with Crippen LogP contribution >= 0.6 is 0 Å². The Hall–Kier alpha value is -1.19. The molecule has 7 unspecified atom stereocenters. The van der Waals surface area contributed by atoms with Crippen molar-refractivity contribution in [1.29, 1.82) is 0 Å². The number of fused-ring (bicyclic) bond motifs is 1. The van der Waals surface area contributed by atoms with Gasteiger partial charge in [-0.2, -0.15) is 0 Å². The van der Waals surface area contributed by atoms with Gasteiger partial charge in [-0.3, -0.25) is 9.59 Å². The van der Waals surface area contributed by atoms with Crippen LogP contribution in [0.15, 0.2) is 0 Å². The van der Waals surface area contributed by atoms with E-state index in [9.17, 15) is 18.0 Å². The van der Waals surface area contributed by atoms with Crippen molar-refractivity contribution >= 4 is 21.7 Å². The van der Waals surface area contributed by atoms with Gasteiger partial charge in [0.2, 0.25) is 5.91 Å². The molecule has 0 spiro atoms. The molecule has 4 aliphatic rings. The number of rotatable bonds is 3. The van der Waals surface area contributed by atoms with Gasteiger partial charge in [-0.15, -0.1) is 0 Å². The third kappa shape index (κ3) is 4.64. The molecule has 31 heavy (non-hydrogen) atoms. The molecule has 4 fully saturated rings. The van der Waals surface area contributed by atoms with Gasteiger partial charge >= 0.3 is 0 Å². The number of piperidine rings is 1. The summed E-state index contributed by atoms with van der Waals surface area (Å²) in [6.45, 7) is 5.37. The maximum atomic E-state index is 13.3. The van der Waals surface area contributed by atoms with Crippen LogP contribution in [0.1, 0.15) is 58.8 Å². The third-order valence-electron chi connectivity index (χ3n) is 7.95. The standard InChI is InChI=1S/C22H37N3O5S/c1-14-13-24(22(27)21-5-4-10-30-21)20-11-16(6-9-19(20)25(14)15(2)26)18-8-7-17(12-23-18)31(3,28)29/h14,16-21,23H,4-13H2,1-3H3. The first-order valence-corrected chi connectivity index (χ1v) is 13.8. The SMILES string of the molecule is CC(=O)N1C(C)CN(C(=O)C2CCCO2)C2CC(C3CCC(S(C)(=O)=O)CN3)CCC21. The average Bonchev–Trinajstić information content (AvgIpc) is 3.26. The summed E-state index contributed by atoms with van der Waals surface area (Å²) in [6, 6.07) is 0.327. The molecule has 1 aliphatic carbocycles. The normalized spacial score (nSPS) is 39.3. The quantitative estimate of drug-likeness (QED) is 0.681. The summed E-state index contributed by atoms with van der Waals surface area (Å²) in [6.07, 6.45) is 6.91. The maximum Gasteiger partial charge on any atom is 0.252 e. The molecule has 0 bridgehead atoms. The molecule has 1 N–H and O–H groups in total. The summed E-state index contributed by atoms with van der Waals surface area (Å²) >= 11 is 0. The second kappa shape index (κ2) is 8.98. The first-order chi connectivity index (χ1) is 14.7. The second-order valence-corrected chi connectivity index (χ2v) is 12.3. The van der Waals surface area contributed by atoms with E-state index in [0.717, 1.165) is 38.5 Å². The number of carbonyl (C=O) groups is 2. The Bertz CT molecular complexity index is 789. The fourth-order valence-corrected chi connectivity index (χ4v) is 7.36. The zero-order chi connectivity index (χ0) is 22.3. The van der Waals surface area contributed by atoms with E-state index in [1.54, 1.807) is 6.92 Å². The molecule has 3 saturated heterocycles. The number of nitrogens with one attached hydrogen (secondary N) is 1. The second-order valence-electron chi connectivity index (χ2n) is 10.0. The van der Waals surface area contributed by atoms with Gasteiger partial charge in [0.25, 0.3) is 5.91 Å². The number of nitrogens with zero attached hydrogens (tertiary/aromatic N) is 2. The van der Waals surface area contributed by atoms with Crippen LogP contribution in [0, 0.1) is 5.92 Å². The summed E-state index contributed by atoms with van der Waals surface area (Å²) in [5, 5.41) is 3.19. The number of sulfone groups is 1. The molecule has 176 valence electrons. The molecule has 7 atom stereocenters. The van der Waals surface area contributed by atoms with Crippen molar-refractivity contribution in [3.8, 4) is 0 Å². The Labute approximate surface area is 186 Å². The minimum atomic E-state index is -3.02. The monoisotopic (exact) mass is 455 g/mol. The van der Waals surface area contributed by atoms with Crippen molar-refractivity contribution in [2.75, 3.05) is 26.0 Å². The van der Waals surface area contributed by atoms with Crippen molar-refractivity contribution in [2.24, 2.45) is 5.92 Å². The lowest BCUT2D eigenvalue weighted by atomic mass is 9.74. The van der Waals surface area contributed by atoms with Crippen LogP contribution in [0.25, 0.3) is 0 Å². The molecule has 0 aromatic carbocycles. The van der Waals surface area contributed by atoms with E-state index in [2.05, 4.69) is 5.32 Å². The van der Waals surface area contributed by atoms with Gasteiger partial charge < -0.3 is 19.9 Å². The molecule has 2 amide bonds. The van der Waals surface area contributed by atoms with Crippen LogP contribution in [0.5, 0.6) is 0 Å². The fourth-order valence-electron chi connectivity index (χ4n) is 6.40. The third-order valence-corrected chi connectivity index (χ3v) is 9.56. The number of piperazine rings is 1. The van der Waals surface area contributed by atoms with Crippen LogP contribution in [-0.4, -0.2) is 91.5 Å². The highest BCUT2D eigenvalue weighted by Gasteiger charge is 2.49. The fraction of sp³-hybridized carbons (Fsp3) is 0.909. The zero-order valence-electron chi connectivity index (χ0n) is 19.0. The predicted molar refractivity (Wildman–Crippen MR) is 117 cm³/mol. The molecule has 1 saturated carbocycles. The summed E-state index contributed by atoms with van der Waals surface area (Å²) in [4.78, 5) is 29.8. The molecule has 0 aromatic rings. The Morgan fingerprint density at radius 1 is 1.06 bits per heavy atom. The first-order valence-electron chi connectivity index (χ1n) is 11.8. The summed E-state index contributed by atoms with van der Waals surface area (Å²) in [7, 11) is -3.02. The highest BCUT2D eigenvalue weighted by Crippen LogP contribution is 2.39. The Morgan fingerprint density at radius 3 is 2.42 bits per heavy atom. The zero-order valence-corrected chi connectivity index (χ0v) is 19.8. The van der Waals surface area contributed by atoms with Gasteiger partial charge in [0.15, 0.2) is 9.84 Å². The first kappa shape index (κ1) is 23.0. The lowest BCUT2D eigenvalue weighted by Crippen LogP contribution is -2.68. The maximum absolute atomic E-state index is 13.3. The lowest BCUT2D eigenvalue weighted by Gasteiger charge is -2.55. The van der Waals surface area contributed by atoms with E-state index in [1.807, 2.05) is 16.7 Å². The van der Waals surface area contributed by atoms with Gasteiger partial charge in [0.05, 0.1) is 17.3 Å². The van der Waals surface area contributed by atoms with Crippen LogP contribution in [0.2, 0.25) is 0 Å². The number of ether oxygens (including phenoxy) is 1. The Morgan fingerprint density at radius 2 is 1.84 bits per heavy atom. The molecule has 3 heterocycles. The van der Waals surface area contributed by atoms with Gasteiger partial charge in [-0.25, -0.2) is 8.42 Å². The number of carbonyl (C=O) groups excluding carboxylic acids is 2. The van der Waals surface area contributed by atoms with E-state index in [1.165, 1.54) is 6.26 Å². The van der Waals surface area contributed by atoms with Crippen molar-refractivity contribution in [2.45, 2.75) is 94.3 Å². The van der Waals surface area contributed by atoms with Gasteiger partial charge in [-0.05, 0) is 57.8 Å². The summed E-state index contributed by atoms with van der Waals surface area (Å²) < 4.78 is 29.5. The average molecular weight is 456 g/mol. The van der Waals surface area contributed by atoms with Crippen LogP contribution < -0.4 is 5.32 Å². The highest BCUT2D eigenvalue weighted by molar-refractivity contribution is 7.91. The molecular weight excluding hydrogens is 418 g/mol. The van der Waals surface area contributed by atoms with Crippen LogP contribution in [-0.2, 0) is 24.2 Å². The van der Waals surface area contributed by atoms with Crippen molar-refractivity contribution in [3.63, 3.8) is 0 Å². The van der Waals surface area contributed by atoms with Gasteiger partial charge in [0, 0.05) is 45.0 Å². The predicted octanol–water partition coefficient (Wildman–Crippen LogP) is 0.947. The van der Waals surface area contributed by atoms with E-state index >= 15 is 0 Å². The summed E-state index contributed by atoms with van der Waals surface area (Å²) in [5.41, 5.74) is 0. The molecule has 4 rings (SSSR count). The van der Waals surface area contributed by atoms with Crippen molar-refractivity contribution in [1.82, 2.24) is 15.1 Å². The molecule has 3 aliphatic heterocycles. The molecule has 8 nitrogen and oxygen atoms in total. The van der Waals surface area contributed by atoms with E-state index in [0.29, 0.717) is 32.0 Å².